The number of hydrogen-bond acceptors (Lipinski definition) is 7. The highest BCUT2D eigenvalue weighted by atomic mass is 16.6. The molecule has 0 aromatic carbocycles. The van der Waals surface area contributed by atoms with Gasteiger partial charge in [0.2, 0.25) is 0 Å². The fraction of sp³-hybridized carbons (Fsp3) is 0.800. The Labute approximate surface area is 157 Å². The molecule has 6 aliphatic rings. The molecule has 9 atom stereocenters. The van der Waals surface area contributed by atoms with Gasteiger partial charge in [0.15, 0.2) is 0 Å². The molecule has 7 nitrogen and oxygen atoms in total. The van der Waals surface area contributed by atoms with Crippen molar-refractivity contribution in [2.24, 2.45) is 28.6 Å². The smallest absolute Gasteiger partial charge is 0.316 e. The fourth-order valence-corrected chi connectivity index (χ4v) is 8.07. The van der Waals surface area contributed by atoms with Gasteiger partial charge in [-0.3, -0.25) is 9.59 Å². The maximum atomic E-state index is 13.1. The Morgan fingerprint density at radius 2 is 2.15 bits per heavy atom. The van der Waals surface area contributed by atoms with E-state index in [2.05, 4.69) is 5.32 Å². The number of carbonyl (C=O) groups is 2. The van der Waals surface area contributed by atoms with Crippen LogP contribution in [0.1, 0.15) is 32.6 Å². The molecule has 2 spiro atoms. The number of fused-ring (bicyclic) bond motifs is 2. The molecule has 4 aliphatic carbocycles. The Bertz CT molecular complexity index is 817. The second-order valence-electron chi connectivity index (χ2n) is 9.95. The van der Waals surface area contributed by atoms with Crippen molar-refractivity contribution in [2.45, 2.75) is 55.5 Å². The van der Waals surface area contributed by atoms with Crippen LogP contribution in [-0.4, -0.2) is 58.7 Å². The van der Waals surface area contributed by atoms with E-state index in [1.165, 1.54) is 7.11 Å². The summed E-state index contributed by atoms with van der Waals surface area (Å²) in [5.41, 5.74) is -3.75. The Hall–Kier alpha value is -1.44. The highest BCUT2D eigenvalue weighted by molar-refractivity contribution is 5.87. The average molecular weight is 375 g/mol. The molecule has 2 heterocycles. The summed E-state index contributed by atoms with van der Waals surface area (Å²) < 4.78 is 11.3. The molecule has 3 N–H and O–H groups in total. The van der Waals surface area contributed by atoms with Crippen molar-refractivity contribution >= 4 is 11.9 Å². The van der Waals surface area contributed by atoms with Gasteiger partial charge in [-0.2, -0.15) is 0 Å². The van der Waals surface area contributed by atoms with Gasteiger partial charge in [0, 0.05) is 18.4 Å². The number of carbonyl (C=O) groups excluding carboxylic acids is 2. The molecule has 6 rings (SSSR count). The van der Waals surface area contributed by atoms with Crippen LogP contribution in [-0.2, 0) is 19.1 Å². The van der Waals surface area contributed by atoms with E-state index in [0.717, 1.165) is 6.54 Å². The van der Waals surface area contributed by atoms with Crippen molar-refractivity contribution in [3.63, 3.8) is 0 Å². The second kappa shape index (κ2) is 4.26. The van der Waals surface area contributed by atoms with Gasteiger partial charge in [0.25, 0.3) is 0 Å². The lowest BCUT2D eigenvalue weighted by Crippen LogP contribution is -2.51. The zero-order valence-corrected chi connectivity index (χ0v) is 15.5. The summed E-state index contributed by atoms with van der Waals surface area (Å²) in [6, 6.07) is 0. The molecule has 2 saturated heterocycles. The van der Waals surface area contributed by atoms with E-state index in [4.69, 9.17) is 9.47 Å². The number of ether oxygens (including phenoxy) is 2. The summed E-state index contributed by atoms with van der Waals surface area (Å²) in [4.78, 5) is 26.0. The van der Waals surface area contributed by atoms with Gasteiger partial charge in [0.1, 0.15) is 11.0 Å². The van der Waals surface area contributed by atoms with Crippen LogP contribution in [0.3, 0.4) is 0 Å². The summed E-state index contributed by atoms with van der Waals surface area (Å²) >= 11 is 0. The summed E-state index contributed by atoms with van der Waals surface area (Å²) in [5.74, 6) is -1.92. The molecule has 27 heavy (non-hydrogen) atoms. The summed E-state index contributed by atoms with van der Waals surface area (Å²) in [5, 5.41) is 25.5. The van der Waals surface area contributed by atoms with Gasteiger partial charge >= 0.3 is 11.9 Å². The van der Waals surface area contributed by atoms with Gasteiger partial charge < -0.3 is 25.0 Å². The van der Waals surface area contributed by atoms with Gasteiger partial charge in [0.05, 0.1) is 30.3 Å². The zero-order chi connectivity index (χ0) is 19.0. The maximum absolute atomic E-state index is 13.1. The first kappa shape index (κ1) is 16.5. The van der Waals surface area contributed by atoms with E-state index in [-0.39, 0.29) is 17.4 Å². The first-order valence-electron chi connectivity index (χ1n) is 9.85. The van der Waals surface area contributed by atoms with Crippen molar-refractivity contribution < 1.29 is 29.3 Å². The number of hydrogen-bond donors (Lipinski definition) is 3. The number of aliphatic hydroxyl groups excluding tert-OH is 1. The molecule has 3 saturated carbocycles. The molecule has 7 heteroatoms. The van der Waals surface area contributed by atoms with Crippen LogP contribution in [0.4, 0.5) is 0 Å². The van der Waals surface area contributed by atoms with Gasteiger partial charge in [-0.15, -0.1) is 0 Å². The molecule has 5 fully saturated rings. The maximum Gasteiger partial charge on any atom is 0.316 e. The van der Waals surface area contributed by atoms with Crippen LogP contribution >= 0.6 is 0 Å². The minimum Gasteiger partial charge on any atom is -0.469 e. The zero-order valence-electron chi connectivity index (χ0n) is 15.5. The Morgan fingerprint density at radius 1 is 1.41 bits per heavy atom. The lowest BCUT2D eigenvalue weighted by Gasteiger charge is -2.44. The third-order valence-electron chi connectivity index (χ3n) is 9.23. The summed E-state index contributed by atoms with van der Waals surface area (Å²) in [6.45, 7) is 2.46. The molecule has 0 aromatic rings. The van der Waals surface area contributed by atoms with Crippen LogP contribution in [0.5, 0.6) is 0 Å². The standard InChI is InChI=1S/C20H25NO6/c1-16-11(22)4-6-20(27-15(16)24)10-3-5-19(25)8-17(10,7-18(19)9-21-18)12(13(16)20)14(23)26-2/h4,6,10-13,21-22,25H,3,5,7-9H2,1-2H3/t10-,11+,12-,13?,16-,17+,18?,19+,20-/m1/s1. The molecule has 0 amide bonds. The van der Waals surface area contributed by atoms with E-state index in [1.54, 1.807) is 13.0 Å². The molecule has 0 aromatic heterocycles. The van der Waals surface area contributed by atoms with Crippen LogP contribution in [0.15, 0.2) is 12.2 Å². The Kier molecular flexibility index (Phi) is 2.61. The second-order valence-corrected chi connectivity index (χ2v) is 9.95. The van der Waals surface area contributed by atoms with E-state index in [9.17, 15) is 19.8 Å². The number of rotatable bonds is 1. The normalized spacial score (nSPS) is 61.6. The Balaban J connectivity index is 1.61. The molecule has 2 aliphatic heterocycles. The van der Waals surface area contributed by atoms with Crippen molar-refractivity contribution in [1.29, 1.82) is 0 Å². The molecule has 4 bridgehead atoms. The molecule has 0 radical (unpaired) electrons. The molecule has 146 valence electrons. The molecular weight excluding hydrogens is 350 g/mol. The van der Waals surface area contributed by atoms with E-state index in [0.29, 0.717) is 25.7 Å². The molecule has 2 unspecified atom stereocenters. The highest BCUT2D eigenvalue weighted by Crippen LogP contribution is 2.79. The lowest BCUT2D eigenvalue weighted by molar-refractivity contribution is -0.164. The predicted octanol–water partition coefficient (Wildman–Crippen LogP) is -0.0987. The van der Waals surface area contributed by atoms with Crippen LogP contribution in [0.2, 0.25) is 0 Å². The average Bonchev–Trinajstić information content (AvgIpc) is 3.28. The SMILES string of the molecule is COC(=O)[C@H]1C2[C@@]3(C=C[C@H](O)[C@@]2(C)C(=O)O3)[C@@H]2CC[C@]3(O)C[C@@]21CC31CN1. The van der Waals surface area contributed by atoms with E-state index < -0.39 is 45.9 Å². The van der Waals surface area contributed by atoms with E-state index in [1.807, 2.05) is 6.08 Å². The first-order valence-corrected chi connectivity index (χ1v) is 9.85. The minimum absolute atomic E-state index is 0.0596. The topological polar surface area (TPSA) is 115 Å². The number of methoxy groups -OCH3 is 1. The van der Waals surface area contributed by atoms with Gasteiger partial charge in [-0.05, 0) is 44.1 Å². The van der Waals surface area contributed by atoms with Crippen molar-refractivity contribution in [3.05, 3.63) is 12.2 Å². The fourth-order valence-electron chi connectivity index (χ4n) is 8.07. The number of aliphatic hydroxyl groups is 2. The van der Waals surface area contributed by atoms with Crippen molar-refractivity contribution in [1.82, 2.24) is 5.32 Å². The van der Waals surface area contributed by atoms with Crippen molar-refractivity contribution in [2.75, 3.05) is 13.7 Å². The summed E-state index contributed by atoms with van der Waals surface area (Å²) in [6.07, 6.45) is 5.00. The lowest BCUT2D eigenvalue weighted by atomic mass is 9.61. The van der Waals surface area contributed by atoms with Crippen LogP contribution in [0, 0.1) is 28.6 Å². The van der Waals surface area contributed by atoms with Crippen LogP contribution in [0.25, 0.3) is 0 Å². The van der Waals surface area contributed by atoms with Crippen molar-refractivity contribution in [3.8, 4) is 0 Å². The quantitative estimate of drug-likeness (QED) is 0.333. The van der Waals surface area contributed by atoms with Gasteiger partial charge in [-0.1, -0.05) is 6.08 Å². The van der Waals surface area contributed by atoms with Gasteiger partial charge in [-0.25, -0.2) is 0 Å². The van der Waals surface area contributed by atoms with E-state index >= 15 is 0 Å². The monoisotopic (exact) mass is 375 g/mol. The molecular formula is C20H25NO6. The number of esters is 2. The third-order valence-corrected chi connectivity index (χ3v) is 9.23. The predicted molar refractivity (Wildman–Crippen MR) is 91.1 cm³/mol. The Morgan fingerprint density at radius 3 is 2.81 bits per heavy atom. The summed E-state index contributed by atoms with van der Waals surface area (Å²) in [7, 11) is 1.37. The van der Waals surface area contributed by atoms with Crippen LogP contribution < -0.4 is 5.32 Å². The largest absolute Gasteiger partial charge is 0.469 e. The number of nitrogens with one attached hydrogen (secondary N) is 1. The highest BCUT2D eigenvalue weighted by Gasteiger charge is 2.86. The third kappa shape index (κ3) is 1.43. The minimum atomic E-state index is -1.18. The first-order chi connectivity index (χ1) is 12.7.